The minimum absolute atomic E-state index is 0.325. The largest absolute Gasteiger partial charge is 0.350 e. The summed E-state index contributed by atoms with van der Waals surface area (Å²) in [6.07, 6.45) is 6.38. The molecule has 2 aromatic rings. The summed E-state index contributed by atoms with van der Waals surface area (Å²) in [5.41, 5.74) is 3.12. The van der Waals surface area contributed by atoms with E-state index in [1.54, 1.807) is 18.4 Å². The molecule has 2 aliphatic heterocycles. The van der Waals surface area contributed by atoms with E-state index in [1.165, 1.54) is 9.87 Å². The van der Waals surface area contributed by atoms with Gasteiger partial charge in [-0.2, -0.15) is 17.0 Å². The van der Waals surface area contributed by atoms with E-state index >= 15 is 0 Å². The summed E-state index contributed by atoms with van der Waals surface area (Å²) in [4.78, 5) is 16.5. The predicted octanol–water partition coefficient (Wildman–Crippen LogP) is 2.47. The fourth-order valence-corrected chi connectivity index (χ4v) is 5.65. The van der Waals surface area contributed by atoms with Crippen LogP contribution >= 0.6 is 0 Å². The third kappa shape index (κ3) is 4.06. The van der Waals surface area contributed by atoms with Crippen LogP contribution < -0.4 is 4.90 Å². The SMILES string of the molecule is Cc1nc([C@@H]2CCCCN2S(=O)(=O)N(C)C)nc2c1CCCN2Cc1ccccn1. The minimum Gasteiger partial charge on any atom is -0.350 e. The standard InChI is InChI=1S/C21H30N6O2S/c1-16-18-10-8-13-26(15-17-9-4-6-12-22-17)21(18)24-20(23-16)19-11-5-7-14-27(19)30(28,29)25(2)3/h4,6,9,12,19H,5,7-8,10-11,13-15H2,1-3H3/t19-/m0/s1. The van der Waals surface area contributed by atoms with E-state index in [2.05, 4.69) is 9.88 Å². The van der Waals surface area contributed by atoms with Crippen LogP contribution in [0.15, 0.2) is 24.4 Å². The van der Waals surface area contributed by atoms with Crippen molar-refractivity contribution in [2.24, 2.45) is 0 Å². The first-order chi connectivity index (χ1) is 14.4. The molecular weight excluding hydrogens is 400 g/mol. The van der Waals surface area contributed by atoms with Crippen LogP contribution in [0.1, 0.15) is 54.5 Å². The first kappa shape index (κ1) is 21.1. The maximum atomic E-state index is 12.9. The lowest BCUT2D eigenvalue weighted by Gasteiger charge is -2.36. The van der Waals surface area contributed by atoms with Crippen LogP contribution in [0.2, 0.25) is 0 Å². The van der Waals surface area contributed by atoms with Crippen molar-refractivity contribution < 1.29 is 8.42 Å². The molecule has 162 valence electrons. The number of nitrogens with zero attached hydrogens (tertiary/aromatic N) is 6. The number of pyridine rings is 1. The second-order valence-electron chi connectivity index (χ2n) is 8.23. The van der Waals surface area contributed by atoms with Gasteiger partial charge in [0, 0.05) is 44.6 Å². The Kier molecular flexibility index (Phi) is 6.04. The summed E-state index contributed by atoms with van der Waals surface area (Å²) in [6.45, 7) is 4.11. The molecule has 0 spiro atoms. The van der Waals surface area contributed by atoms with Crippen molar-refractivity contribution in [2.45, 2.75) is 51.6 Å². The third-order valence-electron chi connectivity index (χ3n) is 5.95. The molecule has 0 unspecified atom stereocenters. The Balaban J connectivity index is 1.71. The fourth-order valence-electron chi connectivity index (χ4n) is 4.35. The van der Waals surface area contributed by atoms with Crippen molar-refractivity contribution in [3.8, 4) is 0 Å². The quantitative estimate of drug-likeness (QED) is 0.725. The predicted molar refractivity (Wildman–Crippen MR) is 116 cm³/mol. The number of anilines is 1. The molecule has 0 amide bonds. The van der Waals surface area contributed by atoms with Gasteiger partial charge in [-0.15, -0.1) is 0 Å². The van der Waals surface area contributed by atoms with E-state index in [1.807, 2.05) is 31.3 Å². The minimum atomic E-state index is -3.53. The molecule has 1 atom stereocenters. The topological polar surface area (TPSA) is 82.5 Å². The molecule has 30 heavy (non-hydrogen) atoms. The zero-order valence-electron chi connectivity index (χ0n) is 18.0. The van der Waals surface area contributed by atoms with Gasteiger partial charge in [-0.25, -0.2) is 9.97 Å². The molecule has 1 fully saturated rings. The molecule has 2 aliphatic rings. The van der Waals surface area contributed by atoms with Crippen LogP contribution in [-0.2, 0) is 23.2 Å². The van der Waals surface area contributed by atoms with Crippen LogP contribution in [0, 0.1) is 6.92 Å². The van der Waals surface area contributed by atoms with Gasteiger partial charge in [0.15, 0.2) is 0 Å². The van der Waals surface area contributed by atoms with Gasteiger partial charge in [-0.05, 0) is 44.7 Å². The van der Waals surface area contributed by atoms with Crippen LogP contribution in [0.3, 0.4) is 0 Å². The number of rotatable bonds is 5. The maximum absolute atomic E-state index is 12.9. The van der Waals surface area contributed by atoms with Gasteiger partial charge >= 0.3 is 0 Å². The summed E-state index contributed by atoms with van der Waals surface area (Å²) in [5, 5.41) is 0. The highest BCUT2D eigenvalue weighted by Crippen LogP contribution is 2.35. The average molecular weight is 431 g/mol. The van der Waals surface area contributed by atoms with Crippen LogP contribution in [0.5, 0.6) is 0 Å². The molecule has 8 nitrogen and oxygen atoms in total. The van der Waals surface area contributed by atoms with Gasteiger partial charge in [0.1, 0.15) is 11.6 Å². The molecule has 0 aliphatic carbocycles. The van der Waals surface area contributed by atoms with E-state index in [0.717, 1.165) is 55.9 Å². The van der Waals surface area contributed by atoms with E-state index in [9.17, 15) is 8.42 Å². The summed E-state index contributed by atoms with van der Waals surface area (Å²) in [7, 11) is -0.375. The molecule has 2 aromatic heterocycles. The Morgan fingerprint density at radius 2 is 1.97 bits per heavy atom. The molecule has 0 N–H and O–H groups in total. The molecular formula is C21H30N6O2S. The van der Waals surface area contributed by atoms with Crippen LogP contribution in [0.25, 0.3) is 0 Å². The number of aromatic nitrogens is 3. The van der Waals surface area contributed by atoms with Crippen LogP contribution in [0.4, 0.5) is 5.82 Å². The van der Waals surface area contributed by atoms with Crippen molar-refractivity contribution in [3.63, 3.8) is 0 Å². The van der Waals surface area contributed by atoms with Crippen molar-refractivity contribution in [3.05, 3.63) is 47.2 Å². The molecule has 1 saturated heterocycles. The highest BCUT2D eigenvalue weighted by atomic mass is 32.2. The van der Waals surface area contributed by atoms with Gasteiger partial charge in [0.2, 0.25) is 0 Å². The second kappa shape index (κ2) is 8.56. The van der Waals surface area contributed by atoms with Crippen LogP contribution in [-0.4, -0.2) is 59.2 Å². The summed E-state index contributed by atoms with van der Waals surface area (Å²) in [5.74, 6) is 1.55. The lowest BCUT2D eigenvalue weighted by Crippen LogP contribution is -2.45. The number of piperidine rings is 1. The zero-order valence-corrected chi connectivity index (χ0v) is 18.8. The zero-order chi connectivity index (χ0) is 21.3. The van der Waals surface area contributed by atoms with Gasteiger partial charge in [-0.3, -0.25) is 4.98 Å². The van der Waals surface area contributed by atoms with Gasteiger partial charge in [0.05, 0.1) is 18.3 Å². The Morgan fingerprint density at radius 3 is 2.70 bits per heavy atom. The van der Waals surface area contributed by atoms with E-state index < -0.39 is 10.2 Å². The molecule has 0 radical (unpaired) electrons. The summed E-state index contributed by atoms with van der Waals surface area (Å²) < 4.78 is 28.7. The summed E-state index contributed by atoms with van der Waals surface area (Å²) >= 11 is 0. The molecule has 0 bridgehead atoms. The first-order valence-electron chi connectivity index (χ1n) is 10.6. The Labute approximate surface area is 179 Å². The lowest BCUT2D eigenvalue weighted by molar-refractivity contribution is 0.234. The number of aryl methyl sites for hydroxylation is 1. The van der Waals surface area contributed by atoms with E-state index in [-0.39, 0.29) is 6.04 Å². The number of hydrogen-bond donors (Lipinski definition) is 0. The Morgan fingerprint density at radius 1 is 1.13 bits per heavy atom. The van der Waals surface area contributed by atoms with E-state index in [0.29, 0.717) is 18.9 Å². The molecule has 4 rings (SSSR count). The van der Waals surface area contributed by atoms with Crippen molar-refractivity contribution in [1.82, 2.24) is 23.6 Å². The summed E-state index contributed by atoms with van der Waals surface area (Å²) in [6, 6.07) is 5.61. The van der Waals surface area contributed by atoms with Gasteiger partial charge in [0.25, 0.3) is 10.2 Å². The highest BCUT2D eigenvalue weighted by Gasteiger charge is 2.37. The first-order valence-corrected chi connectivity index (χ1v) is 12.0. The fraction of sp³-hybridized carbons (Fsp3) is 0.571. The Hall–Kier alpha value is -2.10. The van der Waals surface area contributed by atoms with E-state index in [4.69, 9.17) is 9.97 Å². The van der Waals surface area contributed by atoms with Gasteiger partial charge < -0.3 is 4.90 Å². The monoisotopic (exact) mass is 430 g/mol. The van der Waals surface area contributed by atoms with Crippen molar-refractivity contribution in [1.29, 1.82) is 0 Å². The lowest BCUT2D eigenvalue weighted by atomic mass is 10.0. The highest BCUT2D eigenvalue weighted by molar-refractivity contribution is 7.86. The van der Waals surface area contributed by atoms with Gasteiger partial charge in [-0.1, -0.05) is 12.5 Å². The molecule has 4 heterocycles. The normalized spacial score (nSPS) is 20.4. The third-order valence-corrected chi connectivity index (χ3v) is 7.90. The molecule has 9 heteroatoms. The number of fused-ring (bicyclic) bond motifs is 1. The second-order valence-corrected chi connectivity index (χ2v) is 10.3. The molecule has 0 aromatic carbocycles. The molecule has 0 saturated carbocycles. The maximum Gasteiger partial charge on any atom is 0.282 e. The average Bonchev–Trinajstić information content (AvgIpc) is 2.75. The Bertz CT molecular complexity index is 996. The van der Waals surface area contributed by atoms with Crippen molar-refractivity contribution >= 4 is 16.0 Å². The smallest absolute Gasteiger partial charge is 0.282 e. The number of hydrogen-bond acceptors (Lipinski definition) is 6. The van der Waals surface area contributed by atoms with Crippen molar-refractivity contribution in [2.75, 3.05) is 32.1 Å².